The number of rotatable bonds is 5. The van der Waals surface area contributed by atoms with E-state index in [0.717, 1.165) is 0 Å². The molecule has 0 saturated carbocycles. The zero-order valence-corrected chi connectivity index (χ0v) is 8.20. The molecule has 1 N–H and O–H groups in total. The first kappa shape index (κ1) is 10.1. The van der Waals surface area contributed by atoms with E-state index in [9.17, 15) is 0 Å². The number of nitrogens with one attached hydrogen (secondary N) is 1. The zero-order valence-electron chi connectivity index (χ0n) is 8.20. The van der Waals surface area contributed by atoms with Crippen LogP contribution in [0, 0.1) is 0 Å². The third kappa shape index (κ3) is 2.78. The van der Waals surface area contributed by atoms with Crippen LogP contribution in [0.3, 0.4) is 0 Å². The summed E-state index contributed by atoms with van der Waals surface area (Å²) in [6.07, 6.45) is -0.0978. The molecule has 0 aromatic carbocycles. The van der Waals surface area contributed by atoms with Crippen LogP contribution in [-0.2, 0) is 11.3 Å². The minimum Gasteiger partial charge on any atom is -0.371 e. The van der Waals surface area contributed by atoms with Gasteiger partial charge in [-0.1, -0.05) is 5.16 Å². The van der Waals surface area contributed by atoms with Gasteiger partial charge in [0.15, 0.2) is 5.82 Å². The molecule has 0 aliphatic rings. The topological polar surface area (TPSA) is 60.2 Å². The van der Waals surface area contributed by atoms with Crippen molar-refractivity contribution in [1.29, 1.82) is 0 Å². The summed E-state index contributed by atoms with van der Waals surface area (Å²) >= 11 is 0. The Kier molecular flexibility index (Phi) is 3.85. The second-order valence-electron chi connectivity index (χ2n) is 2.67. The van der Waals surface area contributed by atoms with Crippen molar-refractivity contribution < 1.29 is 9.26 Å². The van der Waals surface area contributed by atoms with E-state index >= 15 is 0 Å². The Morgan fingerprint density at radius 2 is 2.38 bits per heavy atom. The third-order valence-corrected chi connectivity index (χ3v) is 1.59. The van der Waals surface area contributed by atoms with E-state index < -0.39 is 0 Å². The molecule has 0 spiro atoms. The normalized spacial score (nSPS) is 13.2. The maximum atomic E-state index is 5.31. The molecule has 74 valence electrons. The molecule has 0 aliphatic heterocycles. The molecule has 0 saturated heterocycles. The van der Waals surface area contributed by atoms with Crippen molar-refractivity contribution in [2.45, 2.75) is 26.5 Å². The predicted molar refractivity (Wildman–Crippen MR) is 47.1 cm³/mol. The highest BCUT2D eigenvalue weighted by Gasteiger charge is 2.12. The maximum absolute atomic E-state index is 5.31. The summed E-state index contributed by atoms with van der Waals surface area (Å²) in [5.74, 6) is 1.19. The van der Waals surface area contributed by atoms with Crippen molar-refractivity contribution in [3.05, 3.63) is 11.7 Å². The molecule has 1 aromatic rings. The molecule has 0 fully saturated rings. The number of hydrogen-bond acceptors (Lipinski definition) is 5. The van der Waals surface area contributed by atoms with E-state index in [1.165, 1.54) is 0 Å². The molecule has 5 heteroatoms. The first-order valence-electron chi connectivity index (χ1n) is 4.36. The van der Waals surface area contributed by atoms with Gasteiger partial charge in [0.1, 0.15) is 6.10 Å². The average molecular weight is 185 g/mol. The highest BCUT2D eigenvalue weighted by molar-refractivity contribution is 4.89. The lowest BCUT2D eigenvalue weighted by Crippen LogP contribution is -2.06. The van der Waals surface area contributed by atoms with E-state index in [0.29, 0.717) is 24.9 Å². The monoisotopic (exact) mass is 185 g/mol. The Morgan fingerprint density at radius 3 is 3.00 bits per heavy atom. The van der Waals surface area contributed by atoms with Gasteiger partial charge >= 0.3 is 0 Å². The van der Waals surface area contributed by atoms with Gasteiger partial charge in [0.05, 0.1) is 6.54 Å². The minimum absolute atomic E-state index is 0.0978. The molecular formula is C8H15N3O2. The van der Waals surface area contributed by atoms with Crippen LogP contribution < -0.4 is 5.32 Å². The minimum atomic E-state index is -0.0978. The number of aromatic nitrogens is 2. The van der Waals surface area contributed by atoms with Crippen molar-refractivity contribution in [3.63, 3.8) is 0 Å². The van der Waals surface area contributed by atoms with Gasteiger partial charge in [0.2, 0.25) is 5.89 Å². The van der Waals surface area contributed by atoms with Crippen LogP contribution in [0.2, 0.25) is 0 Å². The van der Waals surface area contributed by atoms with Gasteiger partial charge in [0, 0.05) is 6.61 Å². The van der Waals surface area contributed by atoms with Crippen LogP contribution in [0.25, 0.3) is 0 Å². The first-order valence-corrected chi connectivity index (χ1v) is 4.36. The molecule has 0 bridgehead atoms. The van der Waals surface area contributed by atoms with E-state index in [-0.39, 0.29) is 6.10 Å². The Hall–Kier alpha value is -0.940. The molecule has 1 atom stereocenters. The lowest BCUT2D eigenvalue weighted by Gasteiger charge is -2.04. The molecule has 1 rings (SSSR count). The van der Waals surface area contributed by atoms with Gasteiger partial charge in [-0.3, -0.25) is 0 Å². The Bertz CT molecular complexity index is 249. The largest absolute Gasteiger partial charge is 0.371 e. The summed E-state index contributed by atoms with van der Waals surface area (Å²) in [5, 5.41) is 6.73. The van der Waals surface area contributed by atoms with E-state index in [2.05, 4.69) is 15.5 Å². The van der Waals surface area contributed by atoms with Gasteiger partial charge in [-0.2, -0.15) is 4.98 Å². The molecular weight excluding hydrogens is 170 g/mol. The van der Waals surface area contributed by atoms with Gasteiger partial charge in [-0.05, 0) is 20.9 Å². The summed E-state index contributed by atoms with van der Waals surface area (Å²) < 4.78 is 10.3. The van der Waals surface area contributed by atoms with E-state index in [1.54, 1.807) is 0 Å². The molecule has 1 aromatic heterocycles. The maximum Gasteiger partial charge on any atom is 0.240 e. The number of ether oxygens (including phenoxy) is 1. The molecule has 13 heavy (non-hydrogen) atoms. The second-order valence-corrected chi connectivity index (χ2v) is 2.67. The highest BCUT2D eigenvalue weighted by atomic mass is 16.5. The zero-order chi connectivity index (χ0) is 9.68. The summed E-state index contributed by atoms with van der Waals surface area (Å²) in [4.78, 5) is 4.15. The van der Waals surface area contributed by atoms with Crippen molar-refractivity contribution in [1.82, 2.24) is 15.5 Å². The van der Waals surface area contributed by atoms with E-state index in [1.807, 2.05) is 20.9 Å². The average Bonchev–Trinajstić information content (AvgIpc) is 2.54. The smallest absolute Gasteiger partial charge is 0.240 e. The van der Waals surface area contributed by atoms with Crippen molar-refractivity contribution in [2.24, 2.45) is 0 Å². The molecule has 1 heterocycles. The van der Waals surface area contributed by atoms with Gasteiger partial charge in [-0.15, -0.1) is 0 Å². The van der Waals surface area contributed by atoms with E-state index in [4.69, 9.17) is 9.26 Å². The molecule has 5 nitrogen and oxygen atoms in total. The van der Waals surface area contributed by atoms with Gasteiger partial charge < -0.3 is 14.6 Å². The lowest BCUT2D eigenvalue weighted by molar-refractivity contribution is 0.0683. The summed E-state index contributed by atoms with van der Waals surface area (Å²) in [6.45, 7) is 5.07. The molecule has 0 radical (unpaired) electrons. The van der Waals surface area contributed by atoms with Crippen molar-refractivity contribution in [2.75, 3.05) is 13.7 Å². The number of hydrogen-bond donors (Lipinski definition) is 1. The highest BCUT2D eigenvalue weighted by Crippen LogP contribution is 2.12. The van der Waals surface area contributed by atoms with Crippen LogP contribution in [0.5, 0.6) is 0 Å². The Morgan fingerprint density at radius 1 is 1.62 bits per heavy atom. The molecule has 1 unspecified atom stereocenters. The second kappa shape index (κ2) is 4.94. The quantitative estimate of drug-likeness (QED) is 0.738. The Labute approximate surface area is 77.5 Å². The fraction of sp³-hybridized carbons (Fsp3) is 0.750. The predicted octanol–water partition coefficient (Wildman–Crippen LogP) is 0.886. The molecule has 0 aliphatic carbocycles. The van der Waals surface area contributed by atoms with Crippen LogP contribution >= 0.6 is 0 Å². The first-order chi connectivity index (χ1) is 6.27. The Balaban J connectivity index is 2.56. The summed E-state index contributed by atoms with van der Waals surface area (Å²) in [7, 11) is 1.83. The lowest BCUT2D eigenvalue weighted by atomic mass is 10.4. The van der Waals surface area contributed by atoms with Gasteiger partial charge in [-0.25, -0.2) is 0 Å². The number of nitrogens with zero attached hydrogens (tertiary/aromatic N) is 2. The SMILES string of the molecule is CCOC(C)c1noc(CNC)n1. The standard InChI is InChI=1S/C8H15N3O2/c1-4-12-6(2)8-10-7(5-9-3)13-11-8/h6,9H,4-5H2,1-3H3. The summed E-state index contributed by atoms with van der Waals surface area (Å²) in [5.41, 5.74) is 0. The van der Waals surface area contributed by atoms with Crippen molar-refractivity contribution in [3.8, 4) is 0 Å². The third-order valence-electron chi connectivity index (χ3n) is 1.59. The van der Waals surface area contributed by atoms with Crippen LogP contribution in [0.15, 0.2) is 4.52 Å². The fourth-order valence-corrected chi connectivity index (χ4v) is 0.981. The van der Waals surface area contributed by atoms with Gasteiger partial charge in [0.25, 0.3) is 0 Å². The fourth-order valence-electron chi connectivity index (χ4n) is 0.981. The van der Waals surface area contributed by atoms with Crippen LogP contribution in [0.4, 0.5) is 0 Å². The van der Waals surface area contributed by atoms with Crippen LogP contribution in [-0.4, -0.2) is 23.8 Å². The van der Waals surface area contributed by atoms with Crippen LogP contribution in [0.1, 0.15) is 31.7 Å². The summed E-state index contributed by atoms with van der Waals surface area (Å²) in [6, 6.07) is 0. The molecule has 0 amide bonds. The van der Waals surface area contributed by atoms with Crippen molar-refractivity contribution >= 4 is 0 Å².